The smallest absolute Gasteiger partial charge is 0.338 e. The van der Waals surface area contributed by atoms with Gasteiger partial charge >= 0.3 is 5.97 Å². The maximum Gasteiger partial charge on any atom is 0.338 e. The van der Waals surface area contributed by atoms with Gasteiger partial charge in [0.1, 0.15) is 11.3 Å². The number of halogens is 1. The van der Waals surface area contributed by atoms with Crippen molar-refractivity contribution in [2.45, 2.75) is 0 Å². The number of aromatic nitrogens is 1. The standard InChI is InChI=1S/C10H7FN2O2/c11-6-3-1-2-5-8(10(14)15)7(12)4-13-9(5)6/h1-4H,12H2,(H,14,15). The van der Waals surface area contributed by atoms with Crippen molar-refractivity contribution in [3.05, 3.63) is 35.8 Å². The van der Waals surface area contributed by atoms with Crippen LogP contribution in [0, 0.1) is 5.82 Å². The number of rotatable bonds is 1. The Labute approximate surface area is 84.2 Å². The fraction of sp³-hybridized carbons (Fsp3) is 0. The van der Waals surface area contributed by atoms with Crippen molar-refractivity contribution >= 4 is 22.6 Å². The van der Waals surface area contributed by atoms with Crippen molar-refractivity contribution in [2.75, 3.05) is 5.73 Å². The molecule has 1 aromatic heterocycles. The molecule has 0 aliphatic carbocycles. The lowest BCUT2D eigenvalue weighted by Crippen LogP contribution is -2.04. The Morgan fingerprint density at radius 2 is 2.20 bits per heavy atom. The van der Waals surface area contributed by atoms with Crippen LogP contribution < -0.4 is 5.73 Å². The molecule has 0 radical (unpaired) electrons. The number of para-hydroxylation sites is 1. The first kappa shape index (κ1) is 9.39. The van der Waals surface area contributed by atoms with Crippen LogP contribution in [-0.2, 0) is 0 Å². The van der Waals surface area contributed by atoms with E-state index in [1.165, 1.54) is 18.2 Å². The number of nitrogen functional groups attached to an aromatic ring is 1. The lowest BCUT2D eigenvalue weighted by molar-refractivity contribution is 0.0700. The van der Waals surface area contributed by atoms with Gasteiger partial charge in [-0.15, -0.1) is 0 Å². The highest BCUT2D eigenvalue weighted by molar-refractivity contribution is 6.06. The first-order valence-electron chi connectivity index (χ1n) is 4.17. The van der Waals surface area contributed by atoms with E-state index in [-0.39, 0.29) is 22.2 Å². The van der Waals surface area contributed by atoms with E-state index >= 15 is 0 Å². The molecule has 76 valence electrons. The summed E-state index contributed by atoms with van der Waals surface area (Å²) in [6.07, 6.45) is 1.15. The zero-order chi connectivity index (χ0) is 11.0. The van der Waals surface area contributed by atoms with Gasteiger partial charge in [0.05, 0.1) is 17.4 Å². The number of hydrogen-bond donors (Lipinski definition) is 2. The van der Waals surface area contributed by atoms with Crippen molar-refractivity contribution < 1.29 is 14.3 Å². The minimum absolute atomic E-state index is 0.0177. The quantitative estimate of drug-likeness (QED) is 0.743. The number of carboxylic acids is 1. The van der Waals surface area contributed by atoms with Crippen molar-refractivity contribution in [1.29, 1.82) is 0 Å². The third-order valence-electron chi connectivity index (χ3n) is 2.09. The van der Waals surface area contributed by atoms with Crippen molar-refractivity contribution in [2.24, 2.45) is 0 Å². The molecule has 1 aromatic carbocycles. The van der Waals surface area contributed by atoms with E-state index < -0.39 is 11.8 Å². The van der Waals surface area contributed by atoms with Gasteiger partial charge in [-0.05, 0) is 6.07 Å². The molecule has 2 aromatic rings. The third-order valence-corrected chi connectivity index (χ3v) is 2.09. The van der Waals surface area contributed by atoms with E-state index in [1.807, 2.05) is 0 Å². The molecular weight excluding hydrogens is 199 g/mol. The van der Waals surface area contributed by atoms with Crippen LogP contribution in [0.3, 0.4) is 0 Å². The molecule has 3 N–H and O–H groups in total. The molecule has 0 unspecified atom stereocenters. The van der Waals surface area contributed by atoms with Gasteiger partial charge in [0.15, 0.2) is 0 Å². The van der Waals surface area contributed by atoms with Crippen LogP contribution in [0.4, 0.5) is 10.1 Å². The van der Waals surface area contributed by atoms with Crippen molar-refractivity contribution in [3.8, 4) is 0 Å². The molecule has 0 amide bonds. The Balaban J connectivity index is 2.94. The molecule has 4 nitrogen and oxygen atoms in total. The highest BCUT2D eigenvalue weighted by Crippen LogP contribution is 2.23. The molecule has 0 bridgehead atoms. The summed E-state index contributed by atoms with van der Waals surface area (Å²) in [6.45, 7) is 0. The number of benzene rings is 1. The Hall–Kier alpha value is -2.17. The number of hydrogen-bond acceptors (Lipinski definition) is 3. The van der Waals surface area contributed by atoms with Gasteiger partial charge in [-0.3, -0.25) is 4.98 Å². The minimum Gasteiger partial charge on any atom is -0.478 e. The molecule has 0 aliphatic rings. The van der Waals surface area contributed by atoms with Crippen molar-refractivity contribution in [1.82, 2.24) is 4.98 Å². The highest BCUT2D eigenvalue weighted by Gasteiger charge is 2.14. The fourth-order valence-corrected chi connectivity index (χ4v) is 1.44. The number of pyridine rings is 1. The van der Waals surface area contributed by atoms with E-state index in [0.29, 0.717) is 0 Å². The first-order chi connectivity index (χ1) is 7.11. The number of aromatic carboxylic acids is 1. The van der Waals surface area contributed by atoms with E-state index in [9.17, 15) is 9.18 Å². The van der Waals surface area contributed by atoms with Gasteiger partial charge in [-0.25, -0.2) is 9.18 Å². The van der Waals surface area contributed by atoms with Gasteiger partial charge in [0, 0.05) is 5.39 Å². The third kappa shape index (κ3) is 1.38. The molecule has 0 saturated heterocycles. The Kier molecular flexibility index (Phi) is 2.00. The van der Waals surface area contributed by atoms with Crippen LogP contribution in [-0.4, -0.2) is 16.1 Å². The van der Waals surface area contributed by atoms with E-state index in [2.05, 4.69) is 4.98 Å². The second-order valence-corrected chi connectivity index (χ2v) is 3.03. The largest absolute Gasteiger partial charge is 0.478 e. The van der Waals surface area contributed by atoms with Crippen LogP contribution >= 0.6 is 0 Å². The lowest BCUT2D eigenvalue weighted by atomic mass is 10.1. The summed E-state index contributed by atoms with van der Waals surface area (Å²) in [6, 6.07) is 4.12. The molecule has 0 spiro atoms. The van der Waals surface area contributed by atoms with Crippen LogP contribution in [0.5, 0.6) is 0 Å². The highest BCUT2D eigenvalue weighted by atomic mass is 19.1. The summed E-state index contributed by atoms with van der Waals surface area (Å²) in [7, 11) is 0. The predicted molar refractivity (Wildman–Crippen MR) is 53.1 cm³/mol. The average Bonchev–Trinajstić information content (AvgIpc) is 2.17. The van der Waals surface area contributed by atoms with Crippen LogP contribution in [0.2, 0.25) is 0 Å². The van der Waals surface area contributed by atoms with Crippen LogP contribution in [0.15, 0.2) is 24.4 Å². The summed E-state index contributed by atoms with van der Waals surface area (Å²) in [5, 5.41) is 9.13. The fourth-order valence-electron chi connectivity index (χ4n) is 1.44. The Bertz CT molecular complexity index is 554. The number of nitrogens with two attached hydrogens (primary N) is 1. The number of carbonyl (C=O) groups is 1. The van der Waals surface area contributed by atoms with E-state index in [4.69, 9.17) is 10.8 Å². The monoisotopic (exact) mass is 206 g/mol. The van der Waals surface area contributed by atoms with Gasteiger partial charge in [0.2, 0.25) is 0 Å². The van der Waals surface area contributed by atoms with Gasteiger partial charge < -0.3 is 10.8 Å². The van der Waals surface area contributed by atoms with E-state index in [1.54, 1.807) is 0 Å². The molecule has 1 heterocycles. The summed E-state index contributed by atoms with van der Waals surface area (Å²) in [5.74, 6) is -1.75. The second kappa shape index (κ2) is 3.20. The molecule has 0 saturated carbocycles. The zero-order valence-corrected chi connectivity index (χ0v) is 7.57. The average molecular weight is 206 g/mol. The summed E-state index contributed by atoms with van der Waals surface area (Å²) < 4.78 is 13.3. The Morgan fingerprint density at radius 3 is 2.87 bits per heavy atom. The van der Waals surface area contributed by atoms with Crippen molar-refractivity contribution in [3.63, 3.8) is 0 Å². The number of nitrogens with zero attached hydrogens (tertiary/aromatic N) is 1. The SMILES string of the molecule is Nc1cnc2c(F)cccc2c1C(=O)O. The number of anilines is 1. The molecular formula is C10H7FN2O2. The maximum absolute atomic E-state index is 13.3. The van der Waals surface area contributed by atoms with Crippen LogP contribution in [0.1, 0.15) is 10.4 Å². The normalized spacial score (nSPS) is 10.5. The first-order valence-corrected chi connectivity index (χ1v) is 4.17. The number of carboxylic acid groups (broad SMARTS) is 1. The second-order valence-electron chi connectivity index (χ2n) is 3.03. The van der Waals surface area contributed by atoms with Gasteiger partial charge in [-0.2, -0.15) is 0 Å². The summed E-state index contributed by atoms with van der Waals surface area (Å²) >= 11 is 0. The lowest BCUT2D eigenvalue weighted by Gasteiger charge is -2.05. The van der Waals surface area contributed by atoms with E-state index in [0.717, 1.165) is 6.20 Å². The molecule has 2 rings (SSSR count). The molecule has 0 atom stereocenters. The Morgan fingerprint density at radius 1 is 1.47 bits per heavy atom. The summed E-state index contributed by atoms with van der Waals surface area (Å²) in [5.41, 5.74) is 5.41. The maximum atomic E-state index is 13.3. The predicted octanol–water partition coefficient (Wildman–Crippen LogP) is 1.65. The topological polar surface area (TPSA) is 76.2 Å². The minimum atomic E-state index is -1.19. The van der Waals surface area contributed by atoms with Crippen LogP contribution in [0.25, 0.3) is 10.9 Å². The molecule has 0 aliphatic heterocycles. The molecule has 0 fully saturated rings. The zero-order valence-electron chi connectivity index (χ0n) is 7.57. The van der Waals surface area contributed by atoms with Gasteiger partial charge in [-0.1, -0.05) is 12.1 Å². The summed E-state index contributed by atoms with van der Waals surface area (Å²) in [4.78, 5) is 14.7. The number of fused-ring (bicyclic) bond motifs is 1. The van der Waals surface area contributed by atoms with Gasteiger partial charge in [0.25, 0.3) is 0 Å². The molecule has 5 heteroatoms. The molecule has 15 heavy (non-hydrogen) atoms.